The Kier molecular flexibility index (Phi) is 6.22. The second-order valence-corrected chi connectivity index (χ2v) is 9.47. The van der Waals surface area contributed by atoms with Crippen molar-refractivity contribution in [2.24, 2.45) is 11.3 Å². The molecule has 7 nitrogen and oxygen atoms in total. The second-order valence-electron chi connectivity index (χ2n) is 8.55. The van der Waals surface area contributed by atoms with Crippen molar-refractivity contribution in [3.8, 4) is 5.75 Å². The van der Waals surface area contributed by atoms with Crippen LogP contribution in [0.1, 0.15) is 63.2 Å². The highest BCUT2D eigenvalue weighted by molar-refractivity contribution is 9.10. The van der Waals surface area contributed by atoms with Gasteiger partial charge >= 0.3 is 12.1 Å². The van der Waals surface area contributed by atoms with Gasteiger partial charge in [0, 0.05) is 10.4 Å². The number of hydrogen-bond donors (Lipinski definition) is 1. The van der Waals surface area contributed by atoms with Crippen molar-refractivity contribution < 1.29 is 28.7 Å². The Morgan fingerprint density at radius 2 is 1.93 bits per heavy atom. The van der Waals surface area contributed by atoms with Gasteiger partial charge in [-0.1, -0.05) is 28.8 Å². The smallest absolute Gasteiger partial charge is 0.441 e. The maximum Gasteiger partial charge on any atom is 0.441 e. The first kappa shape index (κ1) is 21.6. The third-order valence-electron chi connectivity index (χ3n) is 5.38. The third-order valence-corrected chi connectivity index (χ3v) is 5.88. The molecule has 1 atom stereocenters. The highest BCUT2D eigenvalue weighted by Crippen LogP contribution is 2.49. The molecular weight excluding hydrogens is 442 g/mol. The van der Waals surface area contributed by atoms with Gasteiger partial charge in [0.15, 0.2) is 5.78 Å². The zero-order chi connectivity index (χ0) is 21.2. The number of ether oxygens (including phenoxy) is 2. The molecule has 1 saturated carbocycles. The Balaban J connectivity index is 1.81. The van der Waals surface area contributed by atoms with Crippen molar-refractivity contribution >= 4 is 33.8 Å². The summed E-state index contributed by atoms with van der Waals surface area (Å²) in [5, 5.41) is 0. The molecule has 1 aliphatic carbocycles. The first-order valence-electron chi connectivity index (χ1n) is 9.79. The number of Topliss-reactive ketones (excluding diaryl/α,β-unsaturated/α-hetero) is 1. The van der Waals surface area contributed by atoms with Crippen LogP contribution >= 0.6 is 15.9 Å². The summed E-state index contributed by atoms with van der Waals surface area (Å²) in [4.78, 5) is 43.4. The minimum atomic E-state index is -0.982. The lowest BCUT2D eigenvalue weighted by molar-refractivity contribution is -0.165. The Morgan fingerprint density at radius 3 is 2.59 bits per heavy atom. The van der Waals surface area contributed by atoms with E-state index in [1.54, 1.807) is 39.0 Å². The monoisotopic (exact) mass is 467 g/mol. The zero-order valence-electron chi connectivity index (χ0n) is 16.9. The van der Waals surface area contributed by atoms with Crippen LogP contribution in [0.5, 0.6) is 5.75 Å². The molecule has 0 spiro atoms. The van der Waals surface area contributed by atoms with Crippen molar-refractivity contribution in [2.75, 3.05) is 6.61 Å². The molecule has 1 N–H and O–H groups in total. The number of hydrogen-bond acceptors (Lipinski definition) is 6. The van der Waals surface area contributed by atoms with Crippen LogP contribution in [-0.2, 0) is 14.4 Å². The predicted octanol–water partition coefficient (Wildman–Crippen LogP) is 4.57. The van der Waals surface area contributed by atoms with Crippen molar-refractivity contribution in [1.29, 1.82) is 0 Å². The number of ketones is 1. The van der Waals surface area contributed by atoms with Crippen molar-refractivity contribution in [3.63, 3.8) is 0 Å². The quantitative estimate of drug-likeness (QED) is 0.640. The maximum atomic E-state index is 13.4. The molecule has 3 rings (SSSR count). The van der Waals surface area contributed by atoms with E-state index < -0.39 is 29.0 Å². The van der Waals surface area contributed by atoms with Gasteiger partial charge in [-0.05, 0) is 58.2 Å². The van der Waals surface area contributed by atoms with E-state index in [0.717, 1.165) is 17.3 Å². The Hall–Kier alpha value is -2.09. The molecule has 0 radical (unpaired) electrons. The lowest BCUT2D eigenvalue weighted by Crippen LogP contribution is -2.45. The number of carbonyl (C=O) groups is 3. The fourth-order valence-electron chi connectivity index (χ4n) is 4.14. The van der Waals surface area contributed by atoms with Gasteiger partial charge in [-0.15, -0.1) is 5.48 Å². The summed E-state index contributed by atoms with van der Waals surface area (Å²) in [6, 6.07) is 5.26. The maximum absolute atomic E-state index is 13.4. The first-order chi connectivity index (χ1) is 13.6. The third kappa shape index (κ3) is 4.74. The number of hydroxylamine groups is 1. The summed E-state index contributed by atoms with van der Waals surface area (Å²) >= 11 is 3.39. The fraction of sp³-hybridized carbons (Fsp3) is 0.571. The topological polar surface area (TPSA) is 90.9 Å². The highest BCUT2D eigenvalue weighted by atomic mass is 79.9. The Bertz CT molecular complexity index is 810. The molecule has 1 aromatic carbocycles. The van der Waals surface area contributed by atoms with Gasteiger partial charge in [0.2, 0.25) is 0 Å². The standard InChI is InChI=1S/C21H26BrNO6/c1-20(2,3)28-19(26)23-29-18(25)21(9-4-5-10-21)15-8-11-27-16-12-13(22)6-7-14(16)17(15)24/h6-7,12,15H,4-5,8-11H2,1-3H3,(H,23,26). The van der Waals surface area contributed by atoms with Crippen molar-refractivity contribution in [2.45, 2.75) is 58.5 Å². The zero-order valence-corrected chi connectivity index (χ0v) is 18.5. The van der Waals surface area contributed by atoms with Crippen LogP contribution in [0.25, 0.3) is 0 Å². The minimum absolute atomic E-state index is 0.124. The number of rotatable bonds is 2. The molecule has 29 heavy (non-hydrogen) atoms. The molecule has 0 bridgehead atoms. The molecule has 1 fully saturated rings. The van der Waals surface area contributed by atoms with Gasteiger partial charge in [-0.3, -0.25) is 4.79 Å². The van der Waals surface area contributed by atoms with Crippen LogP contribution in [0.2, 0.25) is 0 Å². The Labute approximate surface area is 178 Å². The van der Waals surface area contributed by atoms with Crippen LogP contribution in [0.3, 0.4) is 0 Å². The van der Waals surface area contributed by atoms with E-state index in [9.17, 15) is 14.4 Å². The molecule has 158 valence electrons. The van der Waals surface area contributed by atoms with Crippen LogP contribution in [0, 0.1) is 11.3 Å². The normalized spacial score (nSPS) is 20.8. The number of benzene rings is 1. The molecule has 1 amide bonds. The average Bonchev–Trinajstić information content (AvgIpc) is 3.06. The van der Waals surface area contributed by atoms with Crippen molar-refractivity contribution in [3.05, 3.63) is 28.2 Å². The molecule has 2 aliphatic rings. The molecular formula is C21H26BrNO6. The van der Waals surface area contributed by atoms with E-state index in [4.69, 9.17) is 14.3 Å². The summed E-state index contributed by atoms with van der Waals surface area (Å²) in [5.41, 5.74) is 0.849. The van der Waals surface area contributed by atoms with Gasteiger partial charge in [0.05, 0.1) is 17.6 Å². The van der Waals surface area contributed by atoms with Crippen LogP contribution in [-0.4, -0.2) is 30.1 Å². The molecule has 1 unspecified atom stereocenters. The summed E-state index contributed by atoms with van der Waals surface area (Å²) in [5.74, 6) is -0.776. The number of fused-ring (bicyclic) bond motifs is 1. The van der Waals surface area contributed by atoms with E-state index in [-0.39, 0.29) is 5.78 Å². The van der Waals surface area contributed by atoms with E-state index in [1.807, 2.05) is 0 Å². The van der Waals surface area contributed by atoms with E-state index in [2.05, 4.69) is 21.4 Å². The largest absolute Gasteiger partial charge is 0.493 e. The minimum Gasteiger partial charge on any atom is -0.493 e. The average molecular weight is 468 g/mol. The number of amides is 1. The van der Waals surface area contributed by atoms with E-state index in [0.29, 0.717) is 37.2 Å². The molecule has 1 aromatic rings. The fourth-order valence-corrected chi connectivity index (χ4v) is 4.48. The van der Waals surface area contributed by atoms with Gasteiger partial charge in [0.25, 0.3) is 0 Å². The predicted molar refractivity (Wildman–Crippen MR) is 108 cm³/mol. The van der Waals surface area contributed by atoms with E-state index >= 15 is 0 Å². The summed E-state index contributed by atoms with van der Waals surface area (Å²) in [7, 11) is 0. The van der Waals surface area contributed by atoms with Gasteiger partial charge in [-0.25, -0.2) is 9.59 Å². The van der Waals surface area contributed by atoms with Gasteiger partial charge in [-0.2, -0.15) is 0 Å². The summed E-state index contributed by atoms with van der Waals surface area (Å²) in [6.07, 6.45) is 2.27. The molecule has 8 heteroatoms. The van der Waals surface area contributed by atoms with Gasteiger partial charge in [0.1, 0.15) is 11.4 Å². The number of carbonyl (C=O) groups excluding carboxylic acids is 3. The van der Waals surface area contributed by atoms with E-state index in [1.165, 1.54) is 0 Å². The first-order valence-corrected chi connectivity index (χ1v) is 10.6. The SMILES string of the molecule is CC(C)(C)OC(=O)NOC(=O)C1(C2CCOc3cc(Br)ccc3C2=O)CCCC1. The summed E-state index contributed by atoms with van der Waals surface area (Å²) in [6.45, 7) is 5.47. The second kappa shape index (κ2) is 8.34. The van der Waals surface area contributed by atoms with Crippen LogP contribution < -0.4 is 10.2 Å². The lowest BCUT2D eigenvalue weighted by atomic mass is 9.69. The molecule has 0 saturated heterocycles. The molecule has 0 aromatic heterocycles. The van der Waals surface area contributed by atoms with Gasteiger partial charge < -0.3 is 14.3 Å². The number of nitrogens with one attached hydrogen (secondary N) is 1. The van der Waals surface area contributed by atoms with Crippen molar-refractivity contribution in [1.82, 2.24) is 5.48 Å². The molecule has 1 heterocycles. The highest BCUT2D eigenvalue weighted by Gasteiger charge is 2.53. The van der Waals surface area contributed by atoms with Crippen LogP contribution in [0.4, 0.5) is 4.79 Å². The molecule has 1 aliphatic heterocycles. The Morgan fingerprint density at radius 1 is 1.24 bits per heavy atom. The number of halogens is 1. The van der Waals surface area contributed by atoms with Crippen LogP contribution in [0.15, 0.2) is 22.7 Å². The summed E-state index contributed by atoms with van der Waals surface area (Å²) < 4.78 is 11.7. The lowest BCUT2D eigenvalue weighted by Gasteiger charge is -2.33.